The molecule has 37 heavy (non-hydrogen) atoms. The number of aryl methyl sites for hydroxylation is 1. The minimum absolute atomic E-state index is 0.000282. The molecule has 0 aromatic carbocycles. The number of rotatable bonds is 16. The lowest BCUT2D eigenvalue weighted by Gasteiger charge is -2.31. The number of ether oxygens (including phenoxy) is 3. The summed E-state index contributed by atoms with van der Waals surface area (Å²) in [6.07, 6.45) is 2.27. The van der Waals surface area contributed by atoms with E-state index in [4.69, 9.17) is 27.8 Å². The van der Waals surface area contributed by atoms with Gasteiger partial charge < -0.3 is 14.2 Å². The number of nitrogens with zero attached hydrogens (tertiary/aromatic N) is 1. The average molecular weight is 585 g/mol. The van der Waals surface area contributed by atoms with E-state index < -0.39 is 48.9 Å². The predicted octanol–water partition coefficient (Wildman–Crippen LogP) is 3.64. The van der Waals surface area contributed by atoms with Crippen molar-refractivity contribution < 1.29 is 37.1 Å². The Morgan fingerprint density at radius 3 is 2.62 bits per heavy atom. The van der Waals surface area contributed by atoms with Crippen LogP contribution >= 0.6 is 29.4 Å². The van der Waals surface area contributed by atoms with E-state index in [0.29, 0.717) is 24.3 Å². The highest BCUT2D eigenvalue weighted by Gasteiger charge is 2.45. The molecule has 2 heterocycles. The van der Waals surface area contributed by atoms with Crippen LogP contribution in [0.25, 0.3) is 0 Å². The van der Waals surface area contributed by atoms with Gasteiger partial charge in [0.05, 0.1) is 32.0 Å². The van der Waals surface area contributed by atoms with E-state index in [1.165, 1.54) is 39.5 Å². The third-order valence-corrected chi connectivity index (χ3v) is 8.95. The van der Waals surface area contributed by atoms with Gasteiger partial charge in [-0.15, -0.1) is 0 Å². The van der Waals surface area contributed by atoms with E-state index in [1.54, 1.807) is 20.8 Å². The van der Waals surface area contributed by atoms with Gasteiger partial charge in [0, 0.05) is 25.3 Å². The highest BCUT2D eigenvalue weighted by atomic mass is 33.1. The molecule has 1 aromatic rings. The summed E-state index contributed by atoms with van der Waals surface area (Å²) in [4.78, 5) is 39.2. The van der Waals surface area contributed by atoms with E-state index in [-0.39, 0.29) is 26.2 Å². The molecular weight excluding hydrogens is 547 g/mol. The molecule has 5 atom stereocenters. The van der Waals surface area contributed by atoms with Crippen LogP contribution in [0.2, 0.25) is 0 Å². The molecule has 12 nitrogen and oxygen atoms in total. The van der Waals surface area contributed by atoms with Gasteiger partial charge in [0.2, 0.25) is 0 Å². The first-order valence-electron chi connectivity index (χ1n) is 11.9. The van der Waals surface area contributed by atoms with Gasteiger partial charge in [0.25, 0.3) is 5.56 Å². The number of hydrogen-bond acceptors (Lipinski definition) is 12. The number of carbonyl (C=O) groups is 1. The maximum absolute atomic E-state index is 13.5. The number of hydrogen-bond donors (Lipinski definition) is 1. The summed E-state index contributed by atoms with van der Waals surface area (Å²) in [6, 6.07) is 0. The average Bonchev–Trinajstić information content (AvgIpc) is 3.28. The van der Waals surface area contributed by atoms with Crippen LogP contribution in [0, 0.1) is 12.3 Å². The summed E-state index contributed by atoms with van der Waals surface area (Å²) in [7, 11) is 0.0374. The van der Waals surface area contributed by atoms with Gasteiger partial charge in [0.15, 0.2) is 0 Å². The van der Waals surface area contributed by atoms with Crippen molar-refractivity contribution in [1.82, 2.24) is 9.55 Å². The number of phosphoric ester groups is 1. The van der Waals surface area contributed by atoms with E-state index in [2.05, 4.69) is 4.98 Å². The highest BCUT2D eigenvalue weighted by Crippen LogP contribution is 2.53. The van der Waals surface area contributed by atoms with Crippen molar-refractivity contribution in [3.63, 3.8) is 0 Å². The van der Waals surface area contributed by atoms with Crippen molar-refractivity contribution in [3.05, 3.63) is 32.6 Å². The Bertz CT molecular complexity index is 1050. The molecule has 0 bridgehead atoms. The number of esters is 1. The third kappa shape index (κ3) is 8.43. The number of H-pyrrole nitrogens is 1. The molecule has 212 valence electrons. The molecule has 0 radical (unpaired) electrons. The lowest BCUT2D eigenvalue weighted by Crippen LogP contribution is -2.41. The van der Waals surface area contributed by atoms with E-state index in [0.717, 1.165) is 0 Å². The smallest absolute Gasteiger partial charge is 0.465 e. The molecule has 1 N–H and O–H groups in total. The topological polar surface area (TPSA) is 144 Å². The lowest BCUT2D eigenvalue weighted by molar-refractivity contribution is -0.162. The zero-order valence-electron chi connectivity index (χ0n) is 22.1. The number of carbonyl (C=O) groups excluding carboxylic acids is 1. The Hall–Kier alpha value is -1.12. The first-order valence-corrected chi connectivity index (χ1v) is 16.1. The quantitative estimate of drug-likeness (QED) is 0.0995. The second kappa shape index (κ2) is 14.9. The molecule has 3 unspecified atom stereocenters. The maximum Gasteiger partial charge on any atom is 0.474 e. The summed E-state index contributed by atoms with van der Waals surface area (Å²) in [6.45, 7) is 6.77. The van der Waals surface area contributed by atoms with Crippen LogP contribution in [0.3, 0.4) is 0 Å². The SMILES string of the molecule is CCOC(=O)C(CC)(COCSSC)COP(=O)(OC)OC1C[C@H](n2cc(C)c(=O)[nH]c2=O)O[C@@H]1CC. The molecule has 1 aliphatic rings. The second-order valence-electron chi connectivity index (χ2n) is 8.40. The summed E-state index contributed by atoms with van der Waals surface area (Å²) >= 11 is 0. The standard InChI is InChI=1S/C22H37N2O10PS2/c1-7-16-17(10-18(33-16)24-11-15(4)19(25)23-21(24)27)34-35(28,29-5)32-13-22(8-2,20(26)31-9-3)12-30-14-37-36-6/h11,16-18H,7-10,12-14H2,1-6H3,(H,23,25,27)/t16-,17?,18-,22?,35?/m1/s1. The van der Waals surface area contributed by atoms with Crippen LogP contribution in [0.4, 0.5) is 0 Å². The molecule has 0 aliphatic carbocycles. The van der Waals surface area contributed by atoms with Gasteiger partial charge in [-0.3, -0.25) is 32.7 Å². The number of aromatic nitrogens is 2. The number of aromatic amines is 1. The van der Waals surface area contributed by atoms with Crippen molar-refractivity contribution in [2.24, 2.45) is 5.41 Å². The lowest BCUT2D eigenvalue weighted by atomic mass is 9.87. The molecular formula is C22H37N2O10PS2. The Kier molecular flexibility index (Phi) is 12.9. The van der Waals surface area contributed by atoms with Crippen molar-refractivity contribution in [2.75, 3.05) is 39.1 Å². The van der Waals surface area contributed by atoms with E-state index in [9.17, 15) is 18.9 Å². The van der Waals surface area contributed by atoms with Gasteiger partial charge in [-0.25, -0.2) is 9.36 Å². The third-order valence-electron chi connectivity index (χ3n) is 6.04. The van der Waals surface area contributed by atoms with Crippen LogP contribution < -0.4 is 11.2 Å². The minimum atomic E-state index is -4.16. The van der Waals surface area contributed by atoms with Gasteiger partial charge in [0.1, 0.15) is 17.6 Å². The molecule has 0 saturated carbocycles. The molecule has 1 aliphatic heterocycles. The van der Waals surface area contributed by atoms with Crippen molar-refractivity contribution in [2.45, 2.75) is 65.4 Å². The zero-order valence-corrected chi connectivity index (χ0v) is 24.6. The van der Waals surface area contributed by atoms with Crippen molar-refractivity contribution in [3.8, 4) is 0 Å². The van der Waals surface area contributed by atoms with Gasteiger partial charge >= 0.3 is 19.5 Å². The molecule has 0 spiro atoms. The Morgan fingerprint density at radius 2 is 2.03 bits per heavy atom. The second-order valence-corrected chi connectivity index (χ2v) is 12.6. The minimum Gasteiger partial charge on any atom is -0.465 e. The fourth-order valence-corrected chi connectivity index (χ4v) is 5.70. The van der Waals surface area contributed by atoms with Crippen LogP contribution in [0.1, 0.15) is 51.8 Å². The first kappa shape index (κ1) is 32.1. The van der Waals surface area contributed by atoms with Crippen LogP contribution in [-0.2, 0) is 37.1 Å². The largest absolute Gasteiger partial charge is 0.474 e. The monoisotopic (exact) mass is 584 g/mol. The van der Waals surface area contributed by atoms with E-state index in [1.807, 2.05) is 13.2 Å². The summed E-state index contributed by atoms with van der Waals surface area (Å²) in [5.74, 6) is -0.179. The summed E-state index contributed by atoms with van der Waals surface area (Å²) in [5, 5.41) is 0. The Balaban J connectivity index is 2.19. The molecule has 1 aromatic heterocycles. The van der Waals surface area contributed by atoms with Crippen LogP contribution in [0.5, 0.6) is 0 Å². The fourth-order valence-electron chi connectivity index (χ4n) is 3.75. The molecule has 1 fully saturated rings. The van der Waals surface area contributed by atoms with E-state index >= 15 is 0 Å². The zero-order chi connectivity index (χ0) is 27.6. The molecule has 1 saturated heterocycles. The molecule has 2 rings (SSSR count). The number of phosphoric acid groups is 1. The Labute approximate surface area is 224 Å². The van der Waals surface area contributed by atoms with Gasteiger partial charge in [-0.05, 0) is 32.9 Å². The Morgan fingerprint density at radius 1 is 1.30 bits per heavy atom. The van der Waals surface area contributed by atoms with Crippen molar-refractivity contribution >= 4 is 35.4 Å². The van der Waals surface area contributed by atoms with Gasteiger partial charge in [-0.1, -0.05) is 35.4 Å². The van der Waals surface area contributed by atoms with Crippen molar-refractivity contribution in [1.29, 1.82) is 0 Å². The molecule has 0 amide bonds. The number of nitrogens with one attached hydrogen (secondary N) is 1. The molecule has 15 heteroatoms. The highest BCUT2D eigenvalue weighted by molar-refractivity contribution is 8.76. The normalized spacial score (nSPS) is 22.9. The maximum atomic E-state index is 13.5. The van der Waals surface area contributed by atoms with Crippen LogP contribution in [-0.4, -0.2) is 66.9 Å². The summed E-state index contributed by atoms with van der Waals surface area (Å²) < 4.78 is 48.3. The van der Waals surface area contributed by atoms with Crippen LogP contribution in [0.15, 0.2) is 15.8 Å². The fraction of sp³-hybridized carbons (Fsp3) is 0.773. The predicted molar refractivity (Wildman–Crippen MR) is 142 cm³/mol. The summed E-state index contributed by atoms with van der Waals surface area (Å²) in [5.41, 5.74) is -1.97. The first-order chi connectivity index (χ1) is 17.6. The van der Waals surface area contributed by atoms with Gasteiger partial charge in [-0.2, -0.15) is 0 Å².